The molecule has 1 unspecified atom stereocenters. The van der Waals surface area contributed by atoms with Crippen molar-refractivity contribution in [2.24, 2.45) is 0 Å². The van der Waals surface area contributed by atoms with E-state index in [1.165, 1.54) is 0 Å². The molecule has 3 aliphatic heterocycles. The lowest BCUT2D eigenvalue weighted by Crippen LogP contribution is -2.62. The molecule has 3 saturated heterocycles. The quantitative estimate of drug-likeness (QED) is 0.106. The highest BCUT2D eigenvalue weighted by molar-refractivity contribution is 7.47. The van der Waals surface area contributed by atoms with Crippen molar-refractivity contribution in [2.75, 3.05) is 26.4 Å². The zero-order chi connectivity index (χ0) is 28.6. The van der Waals surface area contributed by atoms with E-state index in [1.807, 2.05) is 0 Å². The summed E-state index contributed by atoms with van der Waals surface area (Å²) in [7, 11) is -5.23. The summed E-state index contributed by atoms with van der Waals surface area (Å²) < 4.78 is 42.3. The molecule has 3 aliphatic rings. The first-order valence-corrected chi connectivity index (χ1v) is 12.8. The van der Waals surface area contributed by atoms with E-state index < -0.39 is 120 Å². The molecule has 20 heteroatoms. The molecular weight excluding hydrogens is 551 g/mol. The van der Waals surface area contributed by atoms with E-state index in [0.717, 1.165) is 0 Å². The molecule has 0 aromatic rings. The van der Waals surface area contributed by atoms with Crippen LogP contribution in [0.3, 0.4) is 0 Å². The summed E-state index contributed by atoms with van der Waals surface area (Å²) in [6.07, 6.45) is -24.3. The van der Waals surface area contributed by atoms with Crippen molar-refractivity contribution < 1.29 is 93.6 Å². The first-order valence-electron chi connectivity index (χ1n) is 11.3. The normalized spacial score (nSPS) is 49.6. The summed E-state index contributed by atoms with van der Waals surface area (Å²) in [6.45, 7) is -3.79. The number of hydrogen-bond donors (Lipinski definition) is 12. The molecule has 3 fully saturated rings. The SMILES string of the molecule is O=P(O)(OC[C@H]1O[C@H](O[C@]2(CO)O[C@H](CO)[C@@H](O)[C@@H]2O)[C@H](O)[C@@H](O)[C@@H]1O)O[C@@H]1[C@@H](O)[C@H](O)[C@@H](CO)O[C@H]1O. The molecule has 0 saturated carbocycles. The van der Waals surface area contributed by atoms with Crippen LogP contribution >= 0.6 is 7.82 Å². The van der Waals surface area contributed by atoms with Gasteiger partial charge in [0, 0.05) is 0 Å². The van der Waals surface area contributed by atoms with E-state index in [9.17, 15) is 60.5 Å². The maximum absolute atomic E-state index is 12.4. The predicted molar refractivity (Wildman–Crippen MR) is 112 cm³/mol. The van der Waals surface area contributed by atoms with Gasteiger partial charge in [0.1, 0.15) is 73.8 Å². The Morgan fingerprint density at radius 1 is 0.737 bits per heavy atom. The van der Waals surface area contributed by atoms with Gasteiger partial charge in [0.15, 0.2) is 12.6 Å². The number of aliphatic hydroxyl groups excluding tert-OH is 11. The van der Waals surface area contributed by atoms with Crippen molar-refractivity contribution in [3.05, 3.63) is 0 Å². The lowest BCUT2D eigenvalue weighted by Gasteiger charge is -2.43. The smallest absolute Gasteiger partial charge is 0.394 e. The number of phosphoric ester groups is 1. The first-order chi connectivity index (χ1) is 17.7. The highest BCUT2D eigenvalue weighted by Gasteiger charge is 2.58. The first kappa shape index (κ1) is 32.0. The monoisotopic (exact) mass is 584 g/mol. The van der Waals surface area contributed by atoms with Gasteiger partial charge in [-0.15, -0.1) is 0 Å². The molecule has 0 radical (unpaired) electrons. The fraction of sp³-hybridized carbons (Fsp3) is 1.00. The molecule has 3 heterocycles. The maximum atomic E-state index is 12.4. The van der Waals surface area contributed by atoms with Crippen LogP contribution in [0.1, 0.15) is 0 Å². The van der Waals surface area contributed by atoms with Crippen LogP contribution in [-0.2, 0) is 32.6 Å². The summed E-state index contributed by atoms with van der Waals surface area (Å²) in [5, 5.41) is 109. The van der Waals surface area contributed by atoms with Crippen LogP contribution < -0.4 is 0 Å². The Morgan fingerprint density at radius 2 is 1.34 bits per heavy atom. The van der Waals surface area contributed by atoms with Crippen LogP contribution in [0.2, 0.25) is 0 Å². The van der Waals surface area contributed by atoms with Gasteiger partial charge in [0.25, 0.3) is 0 Å². The van der Waals surface area contributed by atoms with Crippen LogP contribution in [-0.4, -0.2) is 173 Å². The Hall–Kier alpha value is -0.490. The van der Waals surface area contributed by atoms with E-state index in [2.05, 4.69) is 4.52 Å². The number of rotatable bonds is 10. The molecule has 0 aromatic heterocycles. The van der Waals surface area contributed by atoms with E-state index >= 15 is 0 Å². The van der Waals surface area contributed by atoms with Gasteiger partial charge in [0.2, 0.25) is 5.79 Å². The molecule has 0 bridgehead atoms. The summed E-state index contributed by atoms with van der Waals surface area (Å²) in [5.41, 5.74) is 0. The third-order valence-corrected chi connectivity index (χ3v) is 7.38. The Morgan fingerprint density at radius 3 is 1.89 bits per heavy atom. The molecule has 38 heavy (non-hydrogen) atoms. The minimum atomic E-state index is -5.23. The van der Waals surface area contributed by atoms with Gasteiger partial charge in [-0.1, -0.05) is 0 Å². The number of phosphoric acid groups is 1. The number of ether oxygens (including phenoxy) is 4. The van der Waals surface area contributed by atoms with Crippen molar-refractivity contribution in [2.45, 2.75) is 85.5 Å². The highest BCUT2D eigenvalue weighted by Crippen LogP contribution is 2.47. The maximum Gasteiger partial charge on any atom is 0.472 e. The minimum absolute atomic E-state index is 0.798. The third-order valence-electron chi connectivity index (χ3n) is 6.39. The fourth-order valence-corrected chi connectivity index (χ4v) is 5.09. The van der Waals surface area contributed by atoms with Gasteiger partial charge < -0.3 is 80.0 Å². The van der Waals surface area contributed by atoms with Gasteiger partial charge in [0.05, 0.1) is 19.8 Å². The van der Waals surface area contributed by atoms with Gasteiger partial charge in [-0.05, 0) is 0 Å². The zero-order valence-corrected chi connectivity index (χ0v) is 20.4. The molecule has 3 rings (SSSR count). The molecule has 19 nitrogen and oxygen atoms in total. The van der Waals surface area contributed by atoms with Crippen LogP contribution in [0.5, 0.6) is 0 Å². The van der Waals surface area contributed by atoms with E-state index in [0.29, 0.717) is 0 Å². The topological polar surface area (TPSA) is 315 Å². The second kappa shape index (κ2) is 12.6. The third kappa shape index (κ3) is 6.37. The summed E-state index contributed by atoms with van der Waals surface area (Å²) in [4.78, 5) is 10.0. The van der Waals surface area contributed by atoms with Crippen molar-refractivity contribution in [1.29, 1.82) is 0 Å². The molecule has 15 atom stereocenters. The predicted octanol–water partition coefficient (Wildman–Crippen LogP) is -7.45. The molecule has 0 spiro atoms. The summed E-state index contributed by atoms with van der Waals surface area (Å²) in [6, 6.07) is 0. The zero-order valence-electron chi connectivity index (χ0n) is 19.5. The van der Waals surface area contributed by atoms with Gasteiger partial charge in [-0.25, -0.2) is 4.57 Å². The largest absolute Gasteiger partial charge is 0.472 e. The minimum Gasteiger partial charge on any atom is -0.394 e. The second-order valence-electron chi connectivity index (χ2n) is 8.94. The molecule has 0 aromatic carbocycles. The molecule has 0 amide bonds. The standard InChI is InChI=1S/C18H33O19P/c19-1-5-8(22)12(26)14(16(29)33-5)37-38(30,31)32-3-7-9(23)11(25)13(27)17(34-7)36-18(4-21)15(28)10(24)6(2-20)35-18/h5-17,19-29H,1-4H2,(H,30,31)/t5-,6-,7-,8-,9-,10-,11+,12+,13-,14-,15+,16-,17-,18+/m1/s1. The van der Waals surface area contributed by atoms with Gasteiger partial charge in [-0.2, -0.15) is 0 Å². The highest BCUT2D eigenvalue weighted by atomic mass is 31.2. The average molecular weight is 584 g/mol. The van der Waals surface area contributed by atoms with Gasteiger partial charge >= 0.3 is 7.82 Å². The van der Waals surface area contributed by atoms with Crippen molar-refractivity contribution in [1.82, 2.24) is 0 Å². The average Bonchev–Trinajstić information content (AvgIpc) is 3.13. The van der Waals surface area contributed by atoms with E-state index in [4.69, 9.17) is 28.6 Å². The van der Waals surface area contributed by atoms with E-state index in [-0.39, 0.29) is 0 Å². The summed E-state index contributed by atoms with van der Waals surface area (Å²) in [5.74, 6) is -2.46. The van der Waals surface area contributed by atoms with Crippen molar-refractivity contribution in [3.63, 3.8) is 0 Å². The lowest BCUT2D eigenvalue weighted by atomic mass is 9.99. The fourth-order valence-electron chi connectivity index (χ4n) is 4.16. The Bertz CT molecular complexity index is 821. The van der Waals surface area contributed by atoms with Crippen LogP contribution in [0.15, 0.2) is 0 Å². The van der Waals surface area contributed by atoms with E-state index in [1.54, 1.807) is 0 Å². The van der Waals surface area contributed by atoms with Crippen LogP contribution in [0, 0.1) is 0 Å². The van der Waals surface area contributed by atoms with Crippen LogP contribution in [0.4, 0.5) is 0 Å². The Labute approximate surface area is 214 Å². The summed E-state index contributed by atoms with van der Waals surface area (Å²) >= 11 is 0. The number of aliphatic hydroxyl groups is 11. The van der Waals surface area contributed by atoms with Crippen LogP contribution in [0.25, 0.3) is 0 Å². The Kier molecular flexibility index (Phi) is 10.6. The van der Waals surface area contributed by atoms with Crippen molar-refractivity contribution in [3.8, 4) is 0 Å². The molecular formula is C18H33O19P. The van der Waals surface area contributed by atoms with Gasteiger partial charge in [-0.3, -0.25) is 9.05 Å². The molecule has 0 aliphatic carbocycles. The van der Waals surface area contributed by atoms with Crippen molar-refractivity contribution >= 4 is 7.82 Å². The second-order valence-corrected chi connectivity index (χ2v) is 10.3. The lowest BCUT2D eigenvalue weighted by molar-refractivity contribution is -0.383. The molecule has 224 valence electrons. The molecule has 12 N–H and O–H groups in total. The Balaban J connectivity index is 1.67. The number of hydrogen-bond acceptors (Lipinski definition) is 18.